The van der Waals surface area contributed by atoms with Crippen LogP contribution in [0.15, 0.2) is 54.6 Å². The van der Waals surface area contributed by atoms with Gasteiger partial charge in [-0.3, -0.25) is 4.79 Å². The van der Waals surface area contributed by atoms with Crippen LogP contribution in [0.2, 0.25) is 0 Å². The SMILES string of the molecule is Cc1cc(C)c(-c2ccc(C(=O)O)cc2)cc1CC(=O)C1(c2ccc3c(c2)OCO3)CC1.[HH]. The van der Waals surface area contributed by atoms with E-state index in [4.69, 9.17) is 14.6 Å². The zero-order valence-electron chi connectivity index (χ0n) is 18.1. The molecule has 32 heavy (non-hydrogen) atoms. The molecule has 0 radical (unpaired) electrons. The predicted octanol–water partition coefficient (Wildman–Crippen LogP) is 5.49. The first kappa shape index (κ1) is 20.3. The van der Waals surface area contributed by atoms with Crippen molar-refractivity contribution in [1.82, 2.24) is 0 Å². The van der Waals surface area contributed by atoms with E-state index in [1.807, 2.05) is 44.2 Å². The summed E-state index contributed by atoms with van der Waals surface area (Å²) in [5.41, 5.74) is 5.96. The molecule has 2 aliphatic rings. The number of benzene rings is 3. The van der Waals surface area contributed by atoms with Crippen molar-refractivity contribution in [2.75, 3.05) is 6.79 Å². The molecule has 0 bridgehead atoms. The second kappa shape index (κ2) is 7.52. The molecule has 1 saturated carbocycles. The number of ether oxygens (including phenoxy) is 2. The van der Waals surface area contributed by atoms with Gasteiger partial charge in [0.1, 0.15) is 5.78 Å². The molecule has 1 aliphatic carbocycles. The highest BCUT2D eigenvalue weighted by Gasteiger charge is 2.50. The molecule has 0 amide bonds. The Kier molecular flexibility index (Phi) is 4.77. The average molecular weight is 431 g/mol. The highest BCUT2D eigenvalue weighted by atomic mass is 16.7. The fraction of sp³-hybridized carbons (Fsp3) is 0.259. The summed E-state index contributed by atoms with van der Waals surface area (Å²) in [5, 5.41) is 9.16. The molecule has 0 atom stereocenters. The molecule has 5 nitrogen and oxygen atoms in total. The summed E-state index contributed by atoms with van der Waals surface area (Å²) < 4.78 is 10.9. The van der Waals surface area contributed by atoms with Crippen LogP contribution in [-0.2, 0) is 16.6 Å². The summed E-state index contributed by atoms with van der Waals surface area (Å²) >= 11 is 0. The molecule has 1 heterocycles. The third-order valence-corrected chi connectivity index (χ3v) is 6.69. The van der Waals surface area contributed by atoms with Crippen LogP contribution >= 0.6 is 0 Å². The molecule has 1 N–H and O–H groups in total. The number of aryl methyl sites for hydroxylation is 2. The Labute approximate surface area is 188 Å². The lowest BCUT2D eigenvalue weighted by molar-refractivity contribution is -0.120. The van der Waals surface area contributed by atoms with E-state index in [0.29, 0.717) is 12.2 Å². The lowest BCUT2D eigenvalue weighted by Crippen LogP contribution is -2.23. The normalized spacial score (nSPS) is 15.4. The molecular weight excluding hydrogens is 404 g/mol. The molecule has 1 aliphatic heterocycles. The lowest BCUT2D eigenvalue weighted by atomic mass is 9.85. The molecule has 0 unspecified atom stereocenters. The smallest absolute Gasteiger partial charge is 0.335 e. The van der Waals surface area contributed by atoms with Crippen molar-refractivity contribution in [3.8, 4) is 22.6 Å². The van der Waals surface area contributed by atoms with Gasteiger partial charge in [0.2, 0.25) is 6.79 Å². The van der Waals surface area contributed by atoms with Crippen molar-refractivity contribution in [1.29, 1.82) is 0 Å². The van der Waals surface area contributed by atoms with Crippen LogP contribution in [0.5, 0.6) is 11.5 Å². The monoisotopic (exact) mass is 430 g/mol. The van der Waals surface area contributed by atoms with E-state index in [9.17, 15) is 9.59 Å². The summed E-state index contributed by atoms with van der Waals surface area (Å²) in [5.74, 6) is 0.710. The van der Waals surface area contributed by atoms with Gasteiger partial charge < -0.3 is 14.6 Å². The van der Waals surface area contributed by atoms with Gasteiger partial charge in [-0.25, -0.2) is 4.79 Å². The third-order valence-electron chi connectivity index (χ3n) is 6.69. The molecule has 0 saturated heterocycles. The maximum absolute atomic E-state index is 13.5. The molecule has 3 aromatic carbocycles. The van der Waals surface area contributed by atoms with Crippen molar-refractivity contribution >= 4 is 11.8 Å². The van der Waals surface area contributed by atoms with Crippen LogP contribution in [0, 0.1) is 13.8 Å². The van der Waals surface area contributed by atoms with Gasteiger partial charge in [0.05, 0.1) is 11.0 Å². The molecule has 3 aromatic rings. The second-order valence-electron chi connectivity index (χ2n) is 8.73. The standard InChI is InChI=1S/C27H24O5.H2/c1-16-11-17(2)22(18-3-5-19(6-4-18)26(29)30)12-20(16)13-25(28)27(9-10-27)21-7-8-23-24(14-21)32-15-31-23;/h3-8,11-12,14H,9-10,13,15H2,1-2H3,(H,29,30);1H. The summed E-state index contributed by atoms with van der Waals surface area (Å²) in [6.07, 6.45) is 2.06. The van der Waals surface area contributed by atoms with Gasteiger partial charge >= 0.3 is 5.97 Å². The van der Waals surface area contributed by atoms with Gasteiger partial charge in [-0.1, -0.05) is 30.3 Å². The fourth-order valence-electron chi connectivity index (χ4n) is 4.58. The Balaban J connectivity index is 0.00000259. The average Bonchev–Trinajstić information content (AvgIpc) is 3.46. The van der Waals surface area contributed by atoms with Gasteiger partial charge in [0, 0.05) is 7.85 Å². The first-order chi connectivity index (χ1) is 15.4. The molecule has 5 rings (SSSR count). The number of fused-ring (bicyclic) bond motifs is 1. The van der Waals surface area contributed by atoms with E-state index in [2.05, 4.69) is 12.1 Å². The Morgan fingerprint density at radius 1 is 0.938 bits per heavy atom. The Morgan fingerprint density at radius 3 is 2.34 bits per heavy atom. The van der Waals surface area contributed by atoms with Gasteiger partial charge in [0.25, 0.3) is 0 Å². The van der Waals surface area contributed by atoms with E-state index in [0.717, 1.165) is 52.0 Å². The molecule has 0 aromatic heterocycles. The number of hydrogen-bond acceptors (Lipinski definition) is 4. The number of rotatable bonds is 6. The number of ketones is 1. The van der Waals surface area contributed by atoms with E-state index >= 15 is 0 Å². The van der Waals surface area contributed by atoms with Gasteiger partial charge in [-0.2, -0.15) is 0 Å². The molecule has 0 spiro atoms. The van der Waals surface area contributed by atoms with Crippen molar-refractivity contribution in [2.45, 2.75) is 38.5 Å². The van der Waals surface area contributed by atoms with Crippen molar-refractivity contribution in [3.63, 3.8) is 0 Å². The quantitative estimate of drug-likeness (QED) is 0.560. The fourth-order valence-corrected chi connectivity index (χ4v) is 4.58. The number of carbonyl (C=O) groups excluding carboxylic acids is 1. The zero-order chi connectivity index (χ0) is 22.5. The highest BCUT2D eigenvalue weighted by molar-refractivity contribution is 5.95. The van der Waals surface area contributed by atoms with Gasteiger partial charge in [-0.05, 0) is 84.3 Å². The topological polar surface area (TPSA) is 72.8 Å². The minimum atomic E-state index is -0.943. The van der Waals surface area contributed by atoms with Crippen molar-refractivity contribution in [2.24, 2.45) is 0 Å². The molecule has 1 fully saturated rings. The number of carboxylic acid groups (broad SMARTS) is 1. The first-order valence-electron chi connectivity index (χ1n) is 10.7. The van der Waals surface area contributed by atoms with Crippen LogP contribution in [-0.4, -0.2) is 23.7 Å². The maximum atomic E-state index is 13.5. The predicted molar refractivity (Wildman–Crippen MR) is 123 cm³/mol. The minimum absolute atomic E-state index is 0. The van der Waals surface area contributed by atoms with Gasteiger partial charge in [0.15, 0.2) is 11.5 Å². The number of carbonyl (C=O) groups is 2. The highest BCUT2D eigenvalue weighted by Crippen LogP contribution is 2.51. The summed E-state index contributed by atoms with van der Waals surface area (Å²) in [4.78, 5) is 24.6. The Bertz CT molecular complexity index is 1240. The summed E-state index contributed by atoms with van der Waals surface area (Å²) in [6, 6.07) is 16.9. The number of carboxylic acids is 1. The number of aromatic carboxylic acids is 1. The maximum Gasteiger partial charge on any atom is 0.335 e. The van der Waals surface area contributed by atoms with Crippen molar-refractivity contribution < 1.29 is 25.6 Å². The van der Waals surface area contributed by atoms with Crippen LogP contribution < -0.4 is 9.47 Å². The zero-order valence-corrected chi connectivity index (χ0v) is 18.1. The summed E-state index contributed by atoms with van der Waals surface area (Å²) in [7, 11) is 0. The molecule has 5 heteroatoms. The largest absolute Gasteiger partial charge is 0.478 e. The number of hydrogen-bond donors (Lipinski definition) is 1. The second-order valence-corrected chi connectivity index (χ2v) is 8.73. The van der Waals surface area contributed by atoms with E-state index in [-0.39, 0.29) is 19.6 Å². The number of Topliss-reactive ketones (excluding diaryl/α,β-unsaturated/α-hetero) is 1. The Morgan fingerprint density at radius 2 is 1.66 bits per heavy atom. The van der Waals surface area contributed by atoms with Crippen LogP contribution in [0.25, 0.3) is 11.1 Å². The Hall–Kier alpha value is -3.60. The lowest BCUT2D eigenvalue weighted by Gasteiger charge is -2.18. The molecule has 164 valence electrons. The van der Waals surface area contributed by atoms with Crippen LogP contribution in [0.3, 0.4) is 0 Å². The molecular formula is C27H26O5. The van der Waals surface area contributed by atoms with E-state index < -0.39 is 11.4 Å². The van der Waals surface area contributed by atoms with E-state index in [1.165, 1.54) is 0 Å². The first-order valence-corrected chi connectivity index (χ1v) is 10.7. The van der Waals surface area contributed by atoms with E-state index in [1.54, 1.807) is 12.1 Å². The van der Waals surface area contributed by atoms with Crippen LogP contribution in [0.1, 0.15) is 46.9 Å². The minimum Gasteiger partial charge on any atom is -0.478 e. The van der Waals surface area contributed by atoms with Crippen molar-refractivity contribution in [3.05, 3.63) is 82.4 Å². The summed E-state index contributed by atoms with van der Waals surface area (Å²) in [6.45, 7) is 4.29. The van der Waals surface area contributed by atoms with Gasteiger partial charge in [-0.15, -0.1) is 0 Å². The van der Waals surface area contributed by atoms with Crippen LogP contribution in [0.4, 0.5) is 0 Å². The third kappa shape index (κ3) is 3.44.